The lowest BCUT2D eigenvalue weighted by Crippen LogP contribution is -2.48. The number of halogens is 2. The predicted molar refractivity (Wildman–Crippen MR) is 99.8 cm³/mol. The number of hydrogen-bond acceptors (Lipinski definition) is 4. The Morgan fingerprint density at radius 2 is 1.92 bits per heavy atom. The highest BCUT2D eigenvalue weighted by atomic mass is 35.5. The van der Waals surface area contributed by atoms with Gasteiger partial charge >= 0.3 is 0 Å². The van der Waals surface area contributed by atoms with Gasteiger partial charge in [-0.25, -0.2) is 12.8 Å². The van der Waals surface area contributed by atoms with Gasteiger partial charge in [0, 0.05) is 31.5 Å². The Kier molecular flexibility index (Phi) is 6.39. The first kappa shape index (κ1) is 20.4. The Bertz CT molecular complexity index is 905. The van der Waals surface area contributed by atoms with Crippen molar-refractivity contribution in [3.8, 4) is 0 Å². The highest BCUT2D eigenvalue weighted by Gasteiger charge is 2.29. The molecule has 1 heterocycles. The van der Waals surface area contributed by atoms with Crippen LogP contribution >= 0.6 is 12.4 Å². The van der Waals surface area contributed by atoms with E-state index < -0.39 is 9.84 Å². The fraction of sp³-hybridized carbons (Fsp3) is 0.278. The first-order chi connectivity index (χ1) is 11.9. The maximum absolute atomic E-state index is 13.6. The zero-order valence-electron chi connectivity index (χ0n) is 14.2. The first-order valence-corrected chi connectivity index (χ1v) is 9.83. The van der Waals surface area contributed by atoms with Gasteiger partial charge in [-0.2, -0.15) is 0 Å². The number of nitrogens with one attached hydrogen (secondary N) is 1. The van der Waals surface area contributed by atoms with Crippen molar-refractivity contribution in [3.05, 3.63) is 65.5 Å². The van der Waals surface area contributed by atoms with Crippen LogP contribution in [0.4, 0.5) is 4.39 Å². The van der Waals surface area contributed by atoms with Gasteiger partial charge in [-0.1, -0.05) is 18.2 Å². The molecule has 1 unspecified atom stereocenters. The second kappa shape index (κ2) is 8.16. The van der Waals surface area contributed by atoms with Crippen LogP contribution in [0.2, 0.25) is 0 Å². The van der Waals surface area contributed by atoms with E-state index in [2.05, 4.69) is 5.32 Å². The van der Waals surface area contributed by atoms with E-state index in [1.807, 2.05) is 0 Å². The van der Waals surface area contributed by atoms with E-state index in [0.717, 1.165) is 6.26 Å². The van der Waals surface area contributed by atoms with Gasteiger partial charge in [-0.05, 0) is 35.9 Å². The van der Waals surface area contributed by atoms with E-state index in [1.54, 1.807) is 29.2 Å². The summed E-state index contributed by atoms with van der Waals surface area (Å²) in [6.07, 6.45) is 1.11. The second-order valence-electron chi connectivity index (χ2n) is 6.07. The molecule has 3 rings (SSSR count). The molecule has 1 saturated heterocycles. The summed E-state index contributed by atoms with van der Waals surface area (Å²) in [6.45, 7) is 1.60. The summed E-state index contributed by atoms with van der Waals surface area (Å²) in [6, 6.07) is 11.9. The smallest absolute Gasteiger partial charge is 0.254 e. The molecule has 8 heteroatoms. The Labute approximate surface area is 158 Å². The molecule has 1 amide bonds. The molecule has 1 N–H and O–H groups in total. The largest absolute Gasteiger partial charge is 0.329 e. The molecule has 5 nitrogen and oxygen atoms in total. The van der Waals surface area contributed by atoms with Crippen LogP contribution in [0.3, 0.4) is 0 Å². The Balaban J connectivity index is 0.00000243. The van der Waals surface area contributed by atoms with Crippen molar-refractivity contribution in [3.63, 3.8) is 0 Å². The maximum atomic E-state index is 13.6. The number of amides is 1. The van der Waals surface area contributed by atoms with E-state index >= 15 is 0 Å². The van der Waals surface area contributed by atoms with Gasteiger partial charge in [-0.15, -0.1) is 12.4 Å². The van der Waals surface area contributed by atoms with Gasteiger partial charge in [-0.3, -0.25) is 4.79 Å². The van der Waals surface area contributed by atoms with Crippen molar-refractivity contribution < 1.29 is 17.6 Å². The number of carbonyl (C=O) groups excluding carboxylic acids is 1. The number of rotatable bonds is 3. The molecule has 0 spiro atoms. The second-order valence-corrected chi connectivity index (χ2v) is 8.09. The monoisotopic (exact) mass is 398 g/mol. The lowest BCUT2D eigenvalue weighted by Gasteiger charge is -2.36. The molecule has 0 radical (unpaired) electrons. The van der Waals surface area contributed by atoms with Gasteiger partial charge < -0.3 is 10.2 Å². The molecular formula is C18H20ClFN2O3S. The van der Waals surface area contributed by atoms with Gasteiger partial charge in [0.2, 0.25) is 0 Å². The van der Waals surface area contributed by atoms with Gasteiger partial charge in [0.1, 0.15) is 5.82 Å². The zero-order valence-corrected chi connectivity index (χ0v) is 15.8. The summed E-state index contributed by atoms with van der Waals surface area (Å²) in [5, 5.41) is 3.21. The van der Waals surface area contributed by atoms with E-state index in [4.69, 9.17) is 0 Å². The molecule has 140 valence electrons. The van der Waals surface area contributed by atoms with Crippen LogP contribution in [0.1, 0.15) is 22.0 Å². The van der Waals surface area contributed by atoms with Crippen LogP contribution in [0.15, 0.2) is 53.4 Å². The minimum Gasteiger partial charge on any atom is -0.329 e. The molecule has 1 aliphatic heterocycles. The maximum Gasteiger partial charge on any atom is 0.254 e. The minimum atomic E-state index is -3.39. The van der Waals surface area contributed by atoms with Crippen LogP contribution in [0.5, 0.6) is 0 Å². The average molecular weight is 399 g/mol. The quantitative estimate of drug-likeness (QED) is 0.862. The van der Waals surface area contributed by atoms with Crippen LogP contribution in [-0.4, -0.2) is 45.1 Å². The van der Waals surface area contributed by atoms with Crippen LogP contribution in [0.25, 0.3) is 0 Å². The first-order valence-electron chi connectivity index (χ1n) is 7.93. The standard InChI is InChI=1S/C18H19FN2O3S.ClH/c1-25(23,24)16-7-3-5-14(11-16)18(22)21-9-8-20-12-17(21)13-4-2-6-15(19)10-13;/h2-7,10-11,17,20H,8-9,12H2,1H3;1H. The predicted octanol–water partition coefficient (Wildman–Crippen LogP) is 2.44. The molecule has 26 heavy (non-hydrogen) atoms. The number of nitrogens with zero attached hydrogens (tertiary/aromatic N) is 1. The van der Waals surface area contributed by atoms with Crippen molar-refractivity contribution in [2.45, 2.75) is 10.9 Å². The van der Waals surface area contributed by atoms with Crippen LogP contribution < -0.4 is 5.32 Å². The number of sulfone groups is 1. The Morgan fingerprint density at radius 1 is 1.19 bits per heavy atom. The van der Waals surface area contributed by atoms with E-state index in [-0.39, 0.29) is 35.1 Å². The lowest BCUT2D eigenvalue weighted by atomic mass is 10.0. The van der Waals surface area contributed by atoms with Crippen molar-refractivity contribution in [1.82, 2.24) is 10.2 Å². The van der Waals surface area contributed by atoms with E-state index in [0.29, 0.717) is 30.8 Å². The summed E-state index contributed by atoms with van der Waals surface area (Å²) >= 11 is 0. The van der Waals surface area contributed by atoms with Crippen molar-refractivity contribution in [2.24, 2.45) is 0 Å². The third-order valence-electron chi connectivity index (χ3n) is 4.25. The Morgan fingerprint density at radius 3 is 2.62 bits per heavy atom. The highest BCUT2D eigenvalue weighted by Crippen LogP contribution is 2.25. The number of carbonyl (C=O) groups is 1. The highest BCUT2D eigenvalue weighted by molar-refractivity contribution is 7.90. The molecule has 1 fully saturated rings. The normalized spacial score (nSPS) is 17.5. The molecule has 0 aromatic heterocycles. The van der Waals surface area contributed by atoms with Crippen molar-refractivity contribution in [2.75, 3.05) is 25.9 Å². The molecule has 0 bridgehead atoms. The minimum absolute atomic E-state index is 0. The molecule has 2 aromatic rings. The third-order valence-corrected chi connectivity index (χ3v) is 5.36. The summed E-state index contributed by atoms with van der Waals surface area (Å²) in [4.78, 5) is 14.7. The van der Waals surface area contributed by atoms with Crippen LogP contribution in [-0.2, 0) is 9.84 Å². The number of hydrogen-bond donors (Lipinski definition) is 1. The third kappa shape index (κ3) is 4.41. The number of benzene rings is 2. The van der Waals surface area contributed by atoms with E-state index in [9.17, 15) is 17.6 Å². The van der Waals surface area contributed by atoms with E-state index in [1.165, 1.54) is 24.3 Å². The summed E-state index contributed by atoms with van der Waals surface area (Å²) in [7, 11) is -3.39. The molecule has 0 saturated carbocycles. The van der Waals surface area contributed by atoms with Crippen molar-refractivity contribution >= 4 is 28.2 Å². The summed E-state index contributed by atoms with van der Waals surface area (Å²) in [5.74, 6) is -0.615. The Hall–Kier alpha value is -1.96. The SMILES string of the molecule is CS(=O)(=O)c1cccc(C(=O)N2CCNCC2c2cccc(F)c2)c1.Cl. The lowest BCUT2D eigenvalue weighted by molar-refractivity contribution is 0.0633. The van der Waals surface area contributed by atoms with Gasteiger partial charge in [0.15, 0.2) is 9.84 Å². The molecule has 2 aromatic carbocycles. The molecule has 0 aliphatic carbocycles. The fourth-order valence-corrected chi connectivity index (χ4v) is 3.65. The summed E-state index contributed by atoms with van der Waals surface area (Å²) in [5.41, 5.74) is 1.02. The zero-order chi connectivity index (χ0) is 18.0. The molecule has 1 atom stereocenters. The van der Waals surface area contributed by atoms with Crippen molar-refractivity contribution in [1.29, 1.82) is 0 Å². The van der Waals surface area contributed by atoms with Crippen LogP contribution in [0, 0.1) is 5.82 Å². The van der Waals surface area contributed by atoms with Gasteiger partial charge in [0.25, 0.3) is 5.91 Å². The molecular weight excluding hydrogens is 379 g/mol. The van der Waals surface area contributed by atoms with Gasteiger partial charge in [0.05, 0.1) is 10.9 Å². The summed E-state index contributed by atoms with van der Waals surface area (Å²) < 4.78 is 37.0. The average Bonchev–Trinajstić information content (AvgIpc) is 2.60. The fourth-order valence-electron chi connectivity index (χ4n) is 2.98. The topological polar surface area (TPSA) is 66.5 Å². The number of piperazine rings is 1. The molecule has 1 aliphatic rings.